The molecule has 6 unspecified atom stereocenters. The summed E-state index contributed by atoms with van der Waals surface area (Å²) in [4.78, 5) is 10.7. The number of hydrogen-bond donors (Lipinski definition) is 9. The highest BCUT2D eigenvalue weighted by Gasteiger charge is 2.44. The summed E-state index contributed by atoms with van der Waals surface area (Å²) in [5.41, 5.74) is 0. The van der Waals surface area contributed by atoms with E-state index in [-0.39, 0.29) is 0 Å². The van der Waals surface area contributed by atoms with Crippen molar-refractivity contribution in [2.24, 2.45) is 0 Å². The monoisotopic (exact) mass is 385 g/mol. The Bertz CT molecular complexity index is 439. The van der Waals surface area contributed by atoms with Crippen LogP contribution in [0.2, 0.25) is 0 Å². The summed E-state index contributed by atoms with van der Waals surface area (Å²) in [6, 6.07) is -1.10. The summed E-state index contributed by atoms with van der Waals surface area (Å²) in [7, 11) is 0. The molecule has 9 N–H and O–H groups in total. The fourth-order valence-corrected chi connectivity index (χ4v) is 2.52. The van der Waals surface area contributed by atoms with E-state index in [1.807, 2.05) is 0 Å². The molecule has 1 amide bonds. The van der Waals surface area contributed by atoms with Crippen molar-refractivity contribution in [2.75, 3.05) is 6.61 Å². The summed E-state index contributed by atoms with van der Waals surface area (Å²) in [6.45, 7) is 2.19. The van der Waals surface area contributed by atoms with E-state index in [1.54, 1.807) is 0 Å². The van der Waals surface area contributed by atoms with E-state index >= 15 is 0 Å². The minimum absolute atomic E-state index is 0.462. The predicted octanol–water partition coefficient (Wildman–Crippen LogP) is -5.27. The van der Waals surface area contributed by atoms with Gasteiger partial charge in [-0.25, -0.2) is 0 Å². The zero-order valence-electron chi connectivity index (χ0n) is 14.3. The van der Waals surface area contributed by atoms with E-state index in [9.17, 15) is 20.1 Å². The Kier molecular flexibility index (Phi) is 8.75. The van der Waals surface area contributed by atoms with Crippen LogP contribution in [0.3, 0.4) is 0 Å². The molecule has 0 saturated carbocycles. The maximum absolute atomic E-state index is 10.7. The van der Waals surface area contributed by atoms with E-state index in [0.717, 1.165) is 0 Å². The summed E-state index contributed by atoms with van der Waals surface area (Å²) < 4.78 is 9.49. The average Bonchev–Trinajstić information content (AvgIpc) is 2.58. The number of aliphatic hydroxyl groups excluding tert-OH is 8. The quantitative estimate of drug-likeness (QED) is 0.219. The van der Waals surface area contributed by atoms with Gasteiger partial charge in [-0.2, -0.15) is 0 Å². The number of ether oxygens (including phenoxy) is 2. The Hall–Kier alpha value is -0.930. The molecule has 0 aromatic heterocycles. The van der Waals surface area contributed by atoms with Gasteiger partial charge in [0.2, 0.25) is 5.91 Å². The second kappa shape index (κ2) is 9.85. The minimum Gasteiger partial charge on any atom is -0.394 e. The smallest absolute Gasteiger partial charge is 0.217 e. The minimum atomic E-state index is -1.45. The van der Waals surface area contributed by atoms with Crippen molar-refractivity contribution in [3.05, 3.63) is 0 Å². The van der Waals surface area contributed by atoms with Crippen LogP contribution >= 0.6 is 0 Å². The van der Waals surface area contributed by atoms with E-state index in [4.69, 9.17) is 30.3 Å². The van der Waals surface area contributed by atoms with E-state index < -0.39 is 73.9 Å². The molecule has 2 aliphatic rings. The lowest BCUT2D eigenvalue weighted by molar-refractivity contribution is -0.277. The van der Waals surface area contributed by atoms with Gasteiger partial charge in [0.1, 0.15) is 42.7 Å². The number of nitrogens with one attached hydrogen (secondary N) is 1. The van der Waals surface area contributed by atoms with Crippen LogP contribution in [-0.4, -0.2) is 115 Å². The van der Waals surface area contributed by atoms with Gasteiger partial charge in [-0.05, 0) is 6.92 Å². The van der Waals surface area contributed by atoms with Gasteiger partial charge in [-0.1, -0.05) is 0 Å². The second-order valence-electron chi connectivity index (χ2n) is 6.16. The van der Waals surface area contributed by atoms with Crippen molar-refractivity contribution >= 4 is 5.91 Å². The van der Waals surface area contributed by atoms with Crippen LogP contribution in [0.25, 0.3) is 0 Å². The molecule has 26 heavy (non-hydrogen) atoms. The van der Waals surface area contributed by atoms with E-state index in [1.165, 1.54) is 13.8 Å². The lowest BCUT2D eigenvalue weighted by atomic mass is 9.97. The third kappa shape index (κ3) is 5.53. The Morgan fingerprint density at radius 2 is 1.42 bits per heavy atom. The molecule has 2 rings (SSSR count). The van der Waals surface area contributed by atoms with Crippen molar-refractivity contribution in [2.45, 2.75) is 75.2 Å². The van der Waals surface area contributed by atoms with Crippen molar-refractivity contribution < 1.29 is 55.1 Å². The second-order valence-corrected chi connectivity index (χ2v) is 6.16. The molecular formula is C14H27NO11. The van der Waals surface area contributed by atoms with Gasteiger partial charge < -0.3 is 55.6 Å². The molecule has 0 aromatic rings. The fraction of sp³-hybridized carbons (Fsp3) is 0.929. The summed E-state index contributed by atoms with van der Waals surface area (Å²) in [5, 5.41) is 75.4. The van der Waals surface area contributed by atoms with Crippen LogP contribution < -0.4 is 5.32 Å². The SMILES string of the molecule is CC(=O)NC1C(O)OC(CO)C(O)C1O.C[C@@H]1OC(O)[C@@H](O)[C@H](O)[C@@H]1O. The van der Waals surface area contributed by atoms with E-state index in [2.05, 4.69) is 10.1 Å². The molecule has 2 heterocycles. The molecule has 0 spiro atoms. The predicted molar refractivity (Wildman–Crippen MR) is 82.2 cm³/mol. The third-order valence-corrected chi connectivity index (χ3v) is 4.10. The number of rotatable bonds is 2. The summed E-state index contributed by atoms with van der Waals surface area (Å²) in [5.74, 6) is -0.462. The van der Waals surface area contributed by atoms with Gasteiger partial charge in [0.15, 0.2) is 12.6 Å². The van der Waals surface area contributed by atoms with Crippen molar-refractivity contribution in [1.29, 1.82) is 0 Å². The zero-order chi connectivity index (χ0) is 20.2. The van der Waals surface area contributed by atoms with Gasteiger partial charge in [0.25, 0.3) is 0 Å². The normalized spacial score (nSPS) is 46.1. The Labute approximate surface area is 149 Å². The molecule has 2 aliphatic heterocycles. The number of carbonyl (C=O) groups is 1. The fourth-order valence-electron chi connectivity index (χ4n) is 2.52. The largest absolute Gasteiger partial charge is 0.394 e. The topological polar surface area (TPSA) is 209 Å². The van der Waals surface area contributed by atoms with Crippen LogP contribution in [0.1, 0.15) is 13.8 Å². The van der Waals surface area contributed by atoms with Crippen molar-refractivity contribution in [3.63, 3.8) is 0 Å². The maximum Gasteiger partial charge on any atom is 0.217 e. The maximum atomic E-state index is 10.7. The van der Waals surface area contributed by atoms with Crippen molar-refractivity contribution in [1.82, 2.24) is 5.32 Å². The molecule has 2 fully saturated rings. The standard InChI is InChI=1S/C8H15NO6.C6H12O5/c1-3(11)9-5-7(13)6(12)4(2-10)15-8(5)14;1-2-3(7)4(8)5(9)6(10)11-2/h4-8,10,12-14H,2H2,1H3,(H,9,11);2-10H,1H3/t;2-,3+,4+,5-,6?/m.0/s1. The Morgan fingerprint density at radius 1 is 0.846 bits per heavy atom. The Morgan fingerprint density at radius 3 is 1.92 bits per heavy atom. The summed E-state index contributed by atoms with van der Waals surface area (Å²) in [6.07, 6.45) is -11.2. The molecule has 12 heteroatoms. The zero-order valence-corrected chi connectivity index (χ0v) is 14.3. The highest BCUT2D eigenvalue weighted by molar-refractivity contribution is 5.73. The molecular weight excluding hydrogens is 358 g/mol. The molecule has 154 valence electrons. The number of carbonyl (C=O) groups excluding carboxylic acids is 1. The highest BCUT2D eigenvalue weighted by Crippen LogP contribution is 2.20. The van der Waals surface area contributed by atoms with Crippen LogP contribution in [-0.2, 0) is 14.3 Å². The van der Waals surface area contributed by atoms with Gasteiger partial charge in [0, 0.05) is 6.92 Å². The first-order chi connectivity index (χ1) is 12.0. The van der Waals surface area contributed by atoms with Gasteiger partial charge in [-0.15, -0.1) is 0 Å². The average molecular weight is 385 g/mol. The third-order valence-electron chi connectivity index (χ3n) is 4.10. The van der Waals surface area contributed by atoms with Crippen molar-refractivity contribution in [3.8, 4) is 0 Å². The van der Waals surface area contributed by atoms with Gasteiger partial charge >= 0.3 is 0 Å². The molecule has 0 bridgehead atoms. The Balaban J connectivity index is 0.000000273. The molecule has 12 nitrogen and oxygen atoms in total. The van der Waals surface area contributed by atoms with Crippen LogP contribution in [0.4, 0.5) is 0 Å². The lowest BCUT2D eigenvalue weighted by Gasteiger charge is -2.40. The number of hydrogen-bond acceptors (Lipinski definition) is 11. The molecule has 10 atom stereocenters. The van der Waals surface area contributed by atoms with Crippen LogP contribution in [0, 0.1) is 0 Å². The number of aliphatic hydroxyl groups is 8. The molecule has 0 radical (unpaired) electrons. The van der Waals surface area contributed by atoms with Gasteiger partial charge in [-0.3, -0.25) is 4.79 Å². The van der Waals surface area contributed by atoms with E-state index in [0.29, 0.717) is 0 Å². The first-order valence-electron chi connectivity index (χ1n) is 7.96. The molecule has 0 aromatic carbocycles. The number of amides is 1. The first kappa shape index (κ1) is 23.1. The first-order valence-corrected chi connectivity index (χ1v) is 7.96. The van der Waals surface area contributed by atoms with Crippen LogP contribution in [0.5, 0.6) is 0 Å². The molecule has 0 aliphatic carbocycles. The summed E-state index contributed by atoms with van der Waals surface area (Å²) >= 11 is 0. The van der Waals surface area contributed by atoms with Crippen LogP contribution in [0.15, 0.2) is 0 Å². The van der Waals surface area contributed by atoms with Gasteiger partial charge in [0.05, 0.1) is 12.7 Å². The molecule has 2 saturated heterocycles. The lowest BCUT2D eigenvalue weighted by Crippen LogP contribution is -2.63. The highest BCUT2D eigenvalue weighted by atomic mass is 16.6.